The lowest BCUT2D eigenvalue weighted by Gasteiger charge is -2.06. The van der Waals surface area contributed by atoms with Crippen molar-refractivity contribution in [1.82, 2.24) is 4.98 Å². The minimum absolute atomic E-state index is 0.0242. The van der Waals surface area contributed by atoms with Crippen molar-refractivity contribution in [1.29, 1.82) is 0 Å². The molecular weight excluding hydrogens is 352 g/mol. The molecule has 0 unspecified atom stereocenters. The zero-order chi connectivity index (χ0) is 17.8. The molecule has 2 aromatic heterocycles. The molecule has 0 aliphatic rings. The molecule has 0 aliphatic carbocycles. The summed E-state index contributed by atoms with van der Waals surface area (Å²) in [5.41, 5.74) is 2.48. The van der Waals surface area contributed by atoms with E-state index in [0.29, 0.717) is 0 Å². The van der Waals surface area contributed by atoms with E-state index in [2.05, 4.69) is 10.3 Å². The van der Waals surface area contributed by atoms with Crippen molar-refractivity contribution < 1.29 is 9.59 Å². The maximum absolute atomic E-state index is 12.2. The number of aryl methyl sites for hydroxylation is 2. The molecule has 0 saturated heterocycles. The zero-order valence-corrected chi connectivity index (χ0v) is 15.7. The second-order valence-electron chi connectivity index (χ2n) is 5.71. The molecule has 128 valence electrons. The van der Waals surface area contributed by atoms with Crippen LogP contribution in [0.3, 0.4) is 0 Å². The molecule has 0 spiro atoms. The minimum Gasteiger partial charge on any atom is -0.326 e. The van der Waals surface area contributed by atoms with Gasteiger partial charge in [0.05, 0.1) is 0 Å². The summed E-state index contributed by atoms with van der Waals surface area (Å²) in [6.07, 6.45) is 2.17. The van der Waals surface area contributed by atoms with E-state index < -0.39 is 0 Å². The first-order valence-corrected chi connectivity index (χ1v) is 9.62. The molecular formula is C19H18N2O2S2. The van der Waals surface area contributed by atoms with Crippen LogP contribution >= 0.6 is 22.7 Å². The number of aromatic nitrogens is 1. The summed E-state index contributed by atoms with van der Waals surface area (Å²) in [6, 6.07) is 9.46. The van der Waals surface area contributed by atoms with Gasteiger partial charge >= 0.3 is 0 Å². The largest absolute Gasteiger partial charge is 0.326 e. The molecule has 6 heteroatoms. The number of thiazole rings is 1. The van der Waals surface area contributed by atoms with E-state index in [9.17, 15) is 9.59 Å². The molecule has 1 aromatic carbocycles. The number of ketones is 1. The summed E-state index contributed by atoms with van der Waals surface area (Å²) in [5.74, 6) is -0.129. The van der Waals surface area contributed by atoms with Crippen molar-refractivity contribution in [3.63, 3.8) is 0 Å². The van der Waals surface area contributed by atoms with Crippen molar-refractivity contribution in [3.8, 4) is 10.6 Å². The Bertz CT molecular complexity index is 881. The van der Waals surface area contributed by atoms with Crippen LogP contribution in [-0.2, 0) is 4.79 Å². The fraction of sp³-hybridized carbons (Fsp3) is 0.211. The number of rotatable bonds is 6. The Kier molecular flexibility index (Phi) is 5.40. The summed E-state index contributed by atoms with van der Waals surface area (Å²) in [7, 11) is 0. The van der Waals surface area contributed by atoms with Gasteiger partial charge in [0.25, 0.3) is 0 Å². The molecule has 1 N–H and O–H groups in total. The van der Waals surface area contributed by atoms with Crippen LogP contribution in [-0.4, -0.2) is 16.7 Å². The Morgan fingerprint density at radius 3 is 2.48 bits per heavy atom. The number of thiophene rings is 1. The van der Waals surface area contributed by atoms with E-state index in [-0.39, 0.29) is 24.5 Å². The Labute approximate surface area is 154 Å². The highest BCUT2D eigenvalue weighted by Gasteiger charge is 2.14. The van der Waals surface area contributed by atoms with Gasteiger partial charge < -0.3 is 5.32 Å². The van der Waals surface area contributed by atoms with Gasteiger partial charge in [-0.05, 0) is 44.2 Å². The first-order chi connectivity index (χ1) is 12.0. The van der Waals surface area contributed by atoms with E-state index in [1.807, 2.05) is 49.6 Å². The lowest BCUT2D eigenvalue weighted by molar-refractivity contribution is -0.116. The number of hydrogen-bond donors (Lipinski definition) is 1. The third-order valence-corrected chi connectivity index (χ3v) is 5.56. The first-order valence-electron chi connectivity index (χ1n) is 7.93. The van der Waals surface area contributed by atoms with E-state index in [0.717, 1.165) is 31.6 Å². The van der Waals surface area contributed by atoms with Crippen LogP contribution in [0.1, 0.15) is 33.0 Å². The maximum atomic E-state index is 12.2. The molecule has 0 bridgehead atoms. The molecule has 0 radical (unpaired) electrons. The fourth-order valence-electron chi connectivity index (χ4n) is 2.56. The zero-order valence-electron chi connectivity index (χ0n) is 14.0. The number of hydrogen-bond acceptors (Lipinski definition) is 5. The number of amides is 1. The van der Waals surface area contributed by atoms with Gasteiger partial charge in [0, 0.05) is 51.0 Å². The summed E-state index contributed by atoms with van der Waals surface area (Å²) < 4.78 is 0. The van der Waals surface area contributed by atoms with Crippen LogP contribution in [0.15, 0.2) is 41.9 Å². The summed E-state index contributed by atoms with van der Waals surface area (Å²) in [6.45, 7) is 3.92. The lowest BCUT2D eigenvalue weighted by atomic mass is 10.1. The number of nitrogens with zero attached hydrogens (tertiary/aromatic N) is 1. The summed E-state index contributed by atoms with van der Waals surface area (Å²) in [5, 5.41) is 5.71. The number of benzene rings is 1. The summed E-state index contributed by atoms with van der Waals surface area (Å²) >= 11 is 3.18. The van der Waals surface area contributed by atoms with E-state index in [1.54, 1.807) is 28.9 Å². The van der Waals surface area contributed by atoms with Gasteiger partial charge in [0.1, 0.15) is 5.01 Å². The number of Topliss-reactive ketones (excluding diaryl/α,β-unsaturated/α-hetero) is 1. The third-order valence-electron chi connectivity index (χ3n) is 3.77. The van der Waals surface area contributed by atoms with Gasteiger partial charge in [0.2, 0.25) is 5.91 Å². The average Bonchev–Trinajstić information content (AvgIpc) is 3.23. The lowest BCUT2D eigenvalue weighted by Crippen LogP contribution is -2.13. The normalized spacial score (nSPS) is 10.6. The molecule has 2 heterocycles. The highest BCUT2D eigenvalue weighted by atomic mass is 32.1. The molecule has 4 nitrogen and oxygen atoms in total. The highest BCUT2D eigenvalue weighted by Crippen LogP contribution is 2.24. The Hall–Kier alpha value is -2.31. The molecule has 0 fully saturated rings. The van der Waals surface area contributed by atoms with Crippen molar-refractivity contribution in [2.45, 2.75) is 26.7 Å². The molecule has 0 aliphatic heterocycles. The van der Waals surface area contributed by atoms with E-state index in [1.165, 1.54) is 0 Å². The number of carbonyl (C=O) groups is 2. The standard InChI is InChI=1S/C19H18N2O2S2/c1-12-11-16(13(2)25-12)17(22)7-8-18(23)21-15-5-3-14(4-6-15)19-20-9-10-24-19/h3-6,9-11H,7-8H2,1-2H3,(H,21,23). The minimum atomic E-state index is -0.153. The van der Waals surface area contributed by atoms with Gasteiger partial charge in [-0.2, -0.15) is 0 Å². The van der Waals surface area contributed by atoms with Crippen molar-refractivity contribution in [2.75, 3.05) is 5.32 Å². The number of carbonyl (C=O) groups excluding carboxylic acids is 2. The van der Waals surface area contributed by atoms with Crippen molar-refractivity contribution >= 4 is 40.1 Å². The molecule has 3 rings (SSSR count). The first kappa shape index (κ1) is 17.5. The van der Waals surface area contributed by atoms with Gasteiger partial charge in [0.15, 0.2) is 5.78 Å². The predicted molar refractivity (Wildman–Crippen MR) is 104 cm³/mol. The quantitative estimate of drug-likeness (QED) is 0.615. The summed E-state index contributed by atoms with van der Waals surface area (Å²) in [4.78, 5) is 30.7. The van der Waals surface area contributed by atoms with E-state index in [4.69, 9.17) is 0 Å². The number of anilines is 1. The Morgan fingerprint density at radius 1 is 1.12 bits per heavy atom. The van der Waals surface area contributed by atoms with Crippen molar-refractivity contribution in [3.05, 3.63) is 57.2 Å². The van der Waals surface area contributed by atoms with Crippen LogP contribution in [0.5, 0.6) is 0 Å². The highest BCUT2D eigenvalue weighted by molar-refractivity contribution is 7.13. The molecule has 3 aromatic rings. The van der Waals surface area contributed by atoms with Crippen molar-refractivity contribution in [2.24, 2.45) is 0 Å². The van der Waals surface area contributed by atoms with Crippen LogP contribution in [0.2, 0.25) is 0 Å². The van der Waals surface area contributed by atoms with Gasteiger partial charge in [-0.15, -0.1) is 22.7 Å². The molecule has 0 atom stereocenters. The average molecular weight is 370 g/mol. The second-order valence-corrected chi connectivity index (χ2v) is 8.07. The molecule has 0 saturated carbocycles. The van der Waals surface area contributed by atoms with Gasteiger partial charge in [-0.3, -0.25) is 9.59 Å². The van der Waals surface area contributed by atoms with E-state index >= 15 is 0 Å². The fourth-order valence-corrected chi connectivity index (χ4v) is 4.14. The third kappa shape index (κ3) is 4.41. The van der Waals surface area contributed by atoms with Gasteiger partial charge in [-0.25, -0.2) is 4.98 Å². The predicted octanol–water partition coefficient (Wildman–Crippen LogP) is 5.09. The Morgan fingerprint density at radius 2 is 1.88 bits per heavy atom. The number of nitrogens with one attached hydrogen (secondary N) is 1. The smallest absolute Gasteiger partial charge is 0.224 e. The van der Waals surface area contributed by atoms with Gasteiger partial charge in [-0.1, -0.05) is 0 Å². The topological polar surface area (TPSA) is 59.1 Å². The molecule has 1 amide bonds. The maximum Gasteiger partial charge on any atom is 0.224 e. The second kappa shape index (κ2) is 7.72. The Balaban J connectivity index is 1.54. The van der Waals surface area contributed by atoms with Crippen LogP contribution in [0.4, 0.5) is 5.69 Å². The SMILES string of the molecule is Cc1cc(C(=O)CCC(=O)Nc2ccc(-c3nccs3)cc2)c(C)s1. The van der Waals surface area contributed by atoms with Crippen LogP contribution < -0.4 is 5.32 Å². The molecule has 25 heavy (non-hydrogen) atoms. The van der Waals surface area contributed by atoms with Crippen LogP contribution in [0.25, 0.3) is 10.6 Å². The monoisotopic (exact) mass is 370 g/mol. The van der Waals surface area contributed by atoms with Crippen LogP contribution in [0, 0.1) is 13.8 Å².